The van der Waals surface area contributed by atoms with E-state index in [1.165, 1.54) is 9.80 Å². The van der Waals surface area contributed by atoms with Crippen molar-refractivity contribution in [1.29, 1.82) is 0 Å². The minimum atomic E-state index is -1.03. The van der Waals surface area contributed by atoms with Crippen LogP contribution in [0, 0.1) is 0 Å². The van der Waals surface area contributed by atoms with Crippen LogP contribution in [0.1, 0.15) is 33.1 Å². The number of nitrogens with zero attached hydrogens (tertiary/aromatic N) is 2. The van der Waals surface area contributed by atoms with Crippen LogP contribution in [0.4, 0.5) is 0 Å². The van der Waals surface area contributed by atoms with E-state index in [4.69, 9.17) is 5.11 Å². The third kappa shape index (κ3) is 3.72. The molecule has 1 aliphatic rings. The Balaban J connectivity index is 2.63. The molecule has 1 heterocycles. The lowest BCUT2D eigenvalue weighted by Crippen LogP contribution is -2.47. The summed E-state index contributed by atoms with van der Waals surface area (Å²) in [5.41, 5.74) is 0. The highest BCUT2D eigenvalue weighted by atomic mass is 16.4. The molecule has 0 bridgehead atoms. The summed E-state index contributed by atoms with van der Waals surface area (Å²) in [6.45, 7) is 3.98. The van der Waals surface area contributed by atoms with Crippen molar-refractivity contribution in [3.05, 3.63) is 0 Å². The maximum atomic E-state index is 12.0. The molecule has 0 radical (unpaired) electrons. The first-order chi connectivity index (χ1) is 8.45. The van der Waals surface area contributed by atoms with E-state index in [2.05, 4.69) is 0 Å². The zero-order valence-electron chi connectivity index (χ0n) is 10.9. The quantitative estimate of drug-likeness (QED) is 0.742. The van der Waals surface area contributed by atoms with Crippen LogP contribution >= 0.6 is 0 Å². The largest absolute Gasteiger partial charge is 0.480 e. The maximum absolute atomic E-state index is 12.0. The number of carboxylic acids is 1. The third-order valence-corrected chi connectivity index (χ3v) is 3.25. The van der Waals surface area contributed by atoms with Crippen molar-refractivity contribution in [2.75, 3.05) is 19.6 Å². The van der Waals surface area contributed by atoms with Crippen molar-refractivity contribution in [2.24, 2.45) is 0 Å². The van der Waals surface area contributed by atoms with E-state index in [0.717, 1.165) is 6.42 Å². The predicted molar refractivity (Wildman–Crippen MR) is 64.9 cm³/mol. The second kappa shape index (κ2) is 6.37. The second-order valence-electron chi connectivity index (χ2n) is 4.59. The number of hydrogen-bond acceptors (Lipinski definition) is 3. The third-order valence-electron chi connectivity index (χ3n) is 3.25. The molecule has 1 N–H and O–H groups in total. The molecule has 0 spiro atoms. The highest BCUT2D eigenvalue weighted by Gasteiger charge is 2.27. The molecule has 1 rings (SSSR count). The van der Waals surface area contributed by atoms with E-state index >= 15 is 0 Å². The van der Waals surface area contributed by atoms with Gasteiger partial charge in [0.1, 0.15) is 6.54 Å². The Kier molecular flexibility index (Phi) is 5.12. The fourth-order valence-corrected chi connectivity index (χ4v) is 1.98. The van der Waals surface area contributed by atoms with Crippen molar-refractivity contribution in [2.45, 2.75) is 39.2 Å². The highest BCUT2D eigenvalue weighted by Crippen LogP contribution is 2.11. The zero-order valence-corrected chi connectivity index (χ0v) is 10.9. The van der Waals surface area contributed by atoms with Crippen LogP contribution in [0.3, 0.4) is 0 Å². The van der Waals surface area contributed by atoms with Gasteiger partial charge in [-0.05, 0) is 19.8 Å². The standard InChI is InChI=1S/C12H20N2O4/c1-3-9(2)14(8-12(17)18)11(16)7-13-6-4-5-10(13)15/h9H,3-8H2,1-2H3,(H,17,18). The van der Waals surface area contributed by atoms with Crippen LogP contribution in [0.5, 0.6) is 0 Å². The SMILES string of the molecule is CCC(C)N(CC(=O)O)C(=O)CN1CCCC1=O. The fourth-order valence-electron chi connectivity index (χ4n) is 1.98. The number of carbonyl (C=O) groups is 3. The summed E-state index contributed by atoms with van der Waals surface area (Å²) in [5, 5.41) is 8.82. The van der Waals surface area contributed by atoms with Crippen molar-refractivity contribution < 1.29 is 19.5 Å². The molecule has 6 heteroatoms. The molecule has 0 saturated carbocycles. The van der Waals surface area contributed by atoms with Gasteiger partial charge in [-0.25, -0.2) is 0 Å². The molecule has 6 nitrogen and oxygen atoms in total. The van der Waals surface area contributed by atoms with E-state index in [9.17, 15) is 14.4 Å². The van der Waals surface area contributed by atoms with E-state index in [-0.39, 0.29) is 30.9 Å². The van der Waals surface area contributed by atoms with Gasteiger partial charge in [0.05, 0.1) is 6.54 Å². The molecular formula is C12H20N2O4. The minimum absolute atomic E-state index is 0.00352. The van der Waals surface area contributed by atoms with Crippen molar-refractivity contribution in [1.82, 2.24) is 9.80 Å². The second-order valence-corrected chi connectivity index (χ2v) is 4.59. The Morgan fingerprint density at radius 1 is 1.50 bits per heavy atom. The van der Waals surface area contributed by atoms with Gasteiger partial charge in [-0.1, -0.05) is 6.92 Å². The summed E-state index contributed by atoms with van der Waals surface area (Å²) >= 11 is 0. The van der Waals surface area contributed by atoms with Crippen molar-refractivity contribution in [3.63, 3.8) is 0 Å². The van der Waals surface area contributed by atoms with E-state index < -0.39 is 5.97 Å². The molecule has 2 amide bonds. The number of rotatable bonds is 6. The average molecular weight is 256 g/mol. The smallest absolute Gasteiger partial charge is 0.323 e. The molecule has 102 valence electrons. The number of hydrogen-bond donors (Lipinski definition) is 1. The Hall–Kier alpha value is -1.59. The zero-order chi connectivity index (χ0) is 13.7. The molecule has 0 aromatic carbocycles. The van der Waals surface area contributed by atoms with Crippen LogP contribution in [-0.2, 0) is 14.4 Å². The summed E-state index contributed by atoms with van der Waals surface area (Å²) in [4.78, 5) is 37.1. The number of carboxylic acid groups (broad SMARTS) is 1. The predicted octanol–water partition coefficient (Wildman–Crippen LogP) is 0.320. The first-order valence-electron chi connectivity index (χ1n) is 6.24. The van der Waals surface area contributed by atoms with Crippen LogP contribution in [-0.4, -0.2) is 58.4 Å². The fraction of sp³-hybridized carbons (Fsp3) is 0.750. The van der Waals surface area contributed by atoms with Gasteiger partial charge in [0.2, 0.25) is 11.8 Å². The Morgan fingerprint density at radius 3 is 2.61 bits per heavy atom. The van der Waals surface area contributed by atoms with Gasteiger partial charge in [-0.2, -0.15) is 0 Å². The Bertz CT molecular complexity index is 343. The first kappa shape index (κ1) is 14.5. The molecule has 1 saturated heterocycles. The molecule has 0 aromatic rings. The molecule has 1 aliphatic heterocycles. The summed E-state index contributed by atoms with van der Waals surface area (Å²) in [7, 11) is 0. The van der Waals surface area contributed by atoms with Gasteiger partial charge in [-0.15, -0.1) is 0 Å². The lowest BCUT2D eigenvalue weighted by Gasteiger charge is -2.28. The molecule has 0 aromatic heterocycles. The van der Waals surface area contributed by atoms with Gasteiger partial charge in [0, 0.05) is 19.0 Å². The van der Waals surface area contributed by atoms with Gasteiger partial charge >= 0.3 is 5.97 Å². The summed E-state index contributed by atoms with van der Waals surface area (Å²) in [6.07, 6.45) is 1.94. The van der Waals surface area contributed by atoms with Gasteiger partial charge in [-0.3, -0.25) is 14.4 Å². The first-order valence-corrected chi connectivity index (χ1v) is 6.24. The number of amides is 2. The minimum Gasteiger partial charge on any atom is -0.480 e. The van der Waals surface area contributed by atoms with Crippen molar-refractivity contribution in [3.8, 4) is 0 Å². The van der Waals surface area contributed by atoms with Crippen LogP contribution in [0.2, 0.25) is 0 Å². The van der Waals surface area contributed by atoms with Crippen molar-refractivity contribution >= 4 is 17.8 Å². The molecule has 1 unspecified atom stereocenters. The summed E-state index contributed by atoms with van der Waals surface area (Å²) in [5.74, 6) is -1.35. The molecule has 0 aliphatic carbocycles. The average Bonchev–Trinajstić information content (AvgIpc) is 2.70. The maximum Gasteiger partial charge on any atom is 0.323 e. The van der Waals surface area contributed by atoms with Gasteiger partial charge in [0.15, 0.2) is 0 Å². The lowest BCUT2D eigenvalue weighted by atomic mass is 10.2. The summed E-state index contributed by atoms with van der Waals surface area (Å²) in [6, 6.07) is -0.133. The number of carbonyl (C=O) groups excluding carboxylic acids is 2. The highest BCUT2D eigenvalue weighted by molar-refractivity contribution is 5.87. The molecule has 18 heavy (non-hydrogen) atoms. The van der Waals surface area contributed by atoms with Crippen LogP contribution < -0.4 is 0 Å². The van der Waals surface area contributed by atoms with Gasteiger partial charge in [0.25, 0.3) is 0 Å². The molecular weight excluding hydrogens is 236 g/mol. The van der Waals surface area contributed by atoms with E-state index in [1.807, 2.05) is 13.8 Å². The van der Waals surface area contributed by atoms with Crippen LogP contribution in [0.25, 0.3) is 0 Å². The Labute approximate surface area is 107 Å². The van der Waals surface area contributed by atoms with Crippen LogP contribution in [0.15, 0.2) is 0 Å². The van der Waals surface area contributed by atoms with Gasteiger partial charge < -0.3 is 14.9 Å². The number of likely N-dealkylation sites (tertiary alicyclic amines) is 1. The Morgan fingerprint density at radius 2 is 2.17 bits per heavy atom. The number of aliphatic carboxylic acids is 1. The normalized spacial score (nSPS) is 16.8. The van der Waals surface area contributed by atoms with E-state index in [0.29, 0.717) is 19.4 Å². The molecule has 1 atom stereocenters. The van der Waals surface area contributed by atoms with E-state index in [1.54, 1.807) is 0 Å². The topological polar surface area (TPSA) is 77.9 Å². The summed E-state index contributed by atoms with van der Waals surface area (Å²) < 4.78 is 0. The lowest BCUT2D eigenvalue weighted by molar-refractivity contribution is -0.147. The monoisotopic (exact) mass is 256 g/mol. The molecule has 1 fully saturated rings.